The second-order valence-electron chi connectivity index (χ2n) is 6.77. The molecule has 0 saturated carbocycles. The fourth-order valence-electron chi connectivity index (χ4n) is 3.90. The maximum absolute atomic E-state index is 12.2. The summed E-state index contributed by atoms with van der Waals surface area (Å²) in [5.41, 5.74) is 10.6. The third-order valence-corrected chi connectivity index (χ3v) is 5.17. The Kier molecular flexibility index (Phi) is 3.68. The van der Waals surface area contributed by atoms with Gasteiger partial charge in [-0.15, -0.1) is 0 Å². The van der Waals surface area contributed by atoms with E-state index in [0.29, 0.717) is 0 Å². The molecule has 0 unspecified atom stereocenters. The Hall–Kier alpha value is -3.05. The van der Waals surface area contributed by atoms with E-state index < -0.39 is 29.5 Å². The number of esters is 1. The number of benzene rings is 1. The average Bonchev–Trinajstić information content (AvgIpc) is 3.10. The number of aliphatic hydroxyl groups is 2. The molecular formula is C16H20N6O5. The first-order valence-corrected chi connectivity index (χ1v) is 8.38. The van der Waals surface area contributed by atoms with Crippen molar-refractivity contribution in [3.8, 4) is 5.75 Å². The van der Waals surface area contributed by atoms with Gasteiger partial charge in [0.1, 0.15) is 24.4 Å². The van der Waals surface area contributed by atoms with E-state index in [-0.39, 0.29) is 42.8 Å². The number of ether oxygens (including phenoxy) is 1. The Morgan fingerprint density at radius 3 is 2.70 bits per heavy atom. The topological polar surface area (TPSA) is 179 Å². The molecule has 144 valence electrons. The molecule has 3 atom stereocenters. The minimum Gasteiger partial charge on any atom is -0.508 e. The van der Waals surface area contributed by atoms with Crippen LogP contribution in [0.25, 0.3) is 0 Å². The Balaban J connectivity index is 1.58. The van der Waals surface area contributed by atoms with Crippen LogP contribution in [-0.4, -0.2) is 74.8 Å². The van der Waals surface area contributed by atoms with Crippen molar-refractivity contribution in [1.82, 2.24) is 10.2 Å². The van der Waals surface area contributed by atoms with E-state index in [4.69, 9.17) is 16.2 Å². The summed E-state index contributed by atoms with van der Waals surface area (Å²) in [6, 6.07) is 4.03. The highest BCUT2D eigenvalue weighted by molar-refractivity contribution is 5.90. The highest BCUT2D eigenvalue weighted by atomic mass is 16.5. The number of nitrogens with two attached hydrogens (primary N) is 2. The Morgan fingerprint density at radius 1 is 1.30 bits per heavy atom. The molecule has 1 spiro atoms. The van der Waals surface area contributed by atoms with Crippen LogP contribution < -0.4 is 16.8 Å². The molecule has 3 aliphatic rings. The van der Waals surface area contributed by atoms with Gasteiger partial charge in [-0.2, -0.15) is 0 Å². The number of carbonyl (C=O) groups is 1. The molecule has 0 amide bonds. The molecule has 1 fully saturated rings. The van der Waals surface area contributed by atoms with Crippen molar-refractivity contribution in [2.75, 3.05) is 13.2 Å². The van der Waals surface area contributed by atoms with Crippen molar-refractivity contribution in [1.29, 1.82) is 0 Å². The summed E-state index contributed by atoms with van der Waals surface area (Å²) in [6.45, 7) is 0.0733. The summed E-state index contributed by atoms with van der Waals surface area (Å²) in [4.78, 5) is 22.3. The summed E-state index contributed by atoms with van der Waals surface area (Å²) in [5, 5.41) is 33.3. The van der Waals surface area contributed by atoms with Gasteiger partial charge in [0, 0.05) is 13.0 Å². The van der Waals surface area contributed by atoms with Crippen LogP contribution in [0.2, 0.25) is 0 Å². The molecule has 1 aromatic carbocycles. The summed E-state index contributed by atoms with van der Waals surface area (Å²) in [6.07, 6.45) is 0.0233. The quantitative estimate of drug-likeness (QED) is 0.248. The van der Waals surface area contributed by atoms with Crippen molar-refractivity contribution in [3.63, 3.8) is 0 Å². The van der Waals surface area contributed by atoms with Crippen molar-refractivity contribution >= 4 is 17.9 Å². The number of rotatable bonds is 3. The smallest absolute Gasteiger partial charge is 0.338 e. The van der Waals surface area contributed by atoms with E-state index in [1.54, 1.807) is 0 Å². The van der Waals surface area contributed by atoms with Crippen LogP contribution in [0, 0.1) is 0 Å². The summed E-state index contributed by atoms with van der Waals surface area (Å²) >= 11 is 0. The summed E-state index contributed by atoms with van der Waals surface area (Å²) < 4.78 is 5.31. The third-order valence-electron chi connectivity index (χ3n) is 5.17. The number of nitrogens with zero attached hydrogens (tertiary/aromatic N) is 3. The van der Waals surface area contributed by atoms with Gasteiger partial charge in [-0.1, -0.05) is 0 Å². The number of hydrogen-bond donors (Lipinski definition) is 6. The molecule has 27 heavy (non-hydrogen) atoms. The highest BCUT2D eigenvalue weighted by Crippen LogP contribution is 2.44. The van der Waals surface area contributed by atoms with Gasteiger partial charge in [0.15, 0.2) is 17.6 Å². The fourth-order valence-corrected chi connectivity index (χ4v) is 3.90. The number of phenols is 1. The molecule has 1 aromatic rings. The number of phenolic OH excluding ortho intramolecular Hbond substituents is 1. The first-order valence-electron chi connectivity index (χ1n) is 8.38. The van der Waals surface area contributed by atoms with E-state index in [1.807, 2.05) is 0 Å². The number of guanidine groups is 2. The second kappa shape index (κ2) is 5.72. The number of aromatic hydroxyl groups is 1. The van der Waals surface area contributed by atoms with Crippen molar-refractivity contribution in [2.24, 2.45) is 21.5 Å². The molecule has 8 N–H and O–H groups in total. The van der Waals surface area contributed by atoms with E-state index in [2.05, 4.69) is 15.3 Å². The lowest BCUT2D eigenvalue weighted by molar-refractivity contribution is -0.221. The lowest BCUT2D eigenvalue weighted by Crippen LogP contribution is -2.76. The first-order chi connectivity index (χ1) is 12.7. The van der Waals surface area contributed by atoms with Gasteiger partial charge in [-0.05, 0) is 24.3 Å². The third kappa shape index (κ3) is 2.46. The minimum absolute atomic E-state index is 0.0233. The van der Waals surface area contributed by atoms with Crippen LogP contribution in [0.5, 0.6) is 5.75 Å². The highest BCUT2D eigenvalue weighted by Gasteiger charge is 2.69. The predicted octanol–water partition coefficient (Wildman–Crippen LogP) is -2.38. The van der Waals surface area contributed by atoms with Crippen LogP contribution >= 0.6 is 0 Å². The maximum Gasteiger partial charge on any atom is 0.338 e. The molecule has 0 aromatic heterocycles. The van der Waals surface area contributed by atoms with Crippen molar-refractivity contribution in [3.05, 3.63) is 29.8 Å². The van der Waals surface area contributed by atoms with E-state index in [0.717, 1.165) is 0 Å². The standard InChI is InChI=1S/C16H20N6O5/c17-13-20-11-10(7-27-12(24)8-1-3-9(23)4-2-8)19-14(18)22-6-5-15(25,26)16(11,22)21-13/h1-4,10-11,23,25-26H,5-7H2,(H2,18,19)(H3,17,20,21)/t10-,11-,16-/m0/s1. The SMILES string of the molecule is NC1=N[C@H]2[C@H](COC(=O)c3ccc(O)cc3)N=C(N)N3CCC(O)(O)[C@]23N1. The number of carbonyl (C=O) groups excluding carboxylic acids is 1. The van der Waals surface area contributed by atoms with Crippen molar-refractivity contribution in [2.45, 2.75) is 30.0 Å². The second-order valence-corrected chi connectivity index (χ2v) is 6.77. The molecule has 4 rings (SSSR count). The maximum atomic E-state index is 12.2. The number of nitrogens with one attached hydrogen (secondary N) is 1. The zero-order valence-corrected chi connectivity index (χ0v) is 14.2. The van der Waals surface area contributed by atoms with Gasteiger partial charge in [0.05, 0.1) is 5.56 Å². The number of aliphatic imine (C=N–C) groups is 2. The van der Waals surface area contributed by atoms with Crippen LogP contribution in [0.15, 0.2) is 34.3 Å². The van der Waals surface area contributed by atoms with Gasteiger partial charge >= 0.3 is 5.97 Å². The lowest BCUT2D eigenvalue weighted by Gasteiger charge is -2.48. The average molecular weight is 376 g/mol. The normalized spacial score (nSPS) is 30.7. The largest absolute Gasteiger partial charge is 0.508 e. The molecule has 11 heteroatoms. The van der Waals surface area contributed by atoms with Gasteiger partial charge in [0.2, 0.25) is 5.79 Å². The van der Waals surface area contributed by atoms with Gasteiger partial charge in [0.25, 0.3) is 0 Å². The van der Waals surface area contributed by atoms with E-state index in [9.17, 15) is 20.1 Å². The van der Waals surface area contributed by atoms with Crippen LogP contribution in [0.4, 0.5) is 0 Å². The van der Waals surface area contributed by atoms with Crippen molar-refractivity contribution < 1.29 is 24.9 Å². The van der Waals surface area contributed by atoms with Gasteiger partial charge < -0.3 is 41.7 Å². The molecule has 11 nitrogen and oxygen atoms in total. The van der Waals surface area contributed by atoms with E-state index in [1.165, 1.54) is 29.2 Å². The molecule has 0 bridgehead atoms. The first kappa shape index (κ1) is 17.4. The molecule has 3 aliphatic heterocycles. The van der Waals surface area contributed by atoms with Crippen LogP contribution in [0.3, 0.4) is 0 Å². The summed E-state index contributed by atoms with van der Waals surface area (Å²) in [5.74, 6) is -2.63. The van der Waals surface area contributed by atoms with Gasteiger partial charge in [-0.25, -0.2) is 14.8 Å². The molecule has 0 aliphatic carbocycles. The van der Waals surface area contributed by atoms with Gasteiger partial charge in [-0.3, -0.25) is 0 Å². The zero-order valence-electron chi connectivity index (χ0n) is 14.2. The number of hydrogen-bond acceptors (Lipinski definition) is 11. The van der Waals surface area contributed by atoms with E-state index >= 15 is 0 Å². The molecular weight excluding hydrogens is 356 g/mol. The molecule has 0 radical (unpaired) electrons. The monoisotopic (exact) mass is 376 g/mol. The van der Waals surface area contributed by atoms with Crippen LogP contribution in [-0.2, 0) is 4.74 Å². The molecule has 3 heterocycles. The molecule has 1 saturated heterocycles. The summed E-state index contributed by atoms with van der Waals surface area (Å²) in [7, 11) is 0. The zero-order chi connectivity index (χ0) is 19.4. The van der Waals surface area contributed by atoms with Crippen LogP contribution in [0.1, 0.15) is 16.8 Å². The Labute approximate surface area is 154 Å². The Morgan fingerprint density at radius 2 is 2.00 bits per heavy atom. The fraction of sp³-hybridized carbons (Fsp3) is 0.438. The lowest BCUT2D eigenvalue weighted by atomic mass is 9.87. The Bertz CT molecular complexity index is 838. The minimum atomic E-state index is -2.15. The predicted molar refractivity (Wildman–Crippen MR) is 93.6 cm³/mol.